The zero-order chi connectivity index (χ0) is 21.3. The van der Waals surface area contributed by atoms with Crippen LogP contribution in [0.15, 0.2) is 34.2 Å². The van der Waals surface area contributed by atoms with Gasteiger partial charge in [0.2, 0.25) is 5.91 Å². The quantitative estimate of drug-likeness (QED) is 0.490. The van der Waals surface area contributed by atoms with Gasteiger partial charge in [-0.05, 0) is 46.2 Å². The Morgan fingerprint density at radius 1 is 1.24 bits per heavy atom. The van der Waals surface area contributed by atoms with Crippen molar-refractivity contribution in [2.24, 2.45) is 7.05 Å². The summed E-state index contributed by atoms with van der Waals surface area (Å²) in [7, 11) is 1.85. The minimum absolute atomic E-state index is 0.0137. The molecule has 8 heteroatoms. The van der Waals surface area contributed by atoms with Gasteiger partial charge in [0.05, 0.1) is 33.2 Å². The maximum atomic E-state index is 13.1. The number of aromatic nitrogens is 4. The standard InChI is InChI=1S/C21H27N5O2S/c1-7-12(2)26-20(28)16-10-8-9-11-17(16)22-21(26)29-15(5)19(27)23-18-13(3)24-25(6)14(18)4/h8-12,15H,7H2,1-6H3,(H,23,27)/t12-,15+/m0/s1. The van der Waals surface area contributed by atoms with Gasteiger partial charge in [0.25, 0.3) is 5.56 Å². The van der Waals surface area contributed by atoms with Gasteiger partial charge >= 0.3 is 0 Å². The minimum Gasteiger partial charge on any atom is -0.322 e. The monoisotopic (exact) mass is 413 g/mol. The van der Waals surface area contributed by atoms with Crippen LogP contribution in [-0.4, -0.2) is 30.5 Å². The lowest BCUT2D eigenvalue weighted by Gasteiger charge is -2.20. The summed E-state index contributed by atoms with van der Waals surface area (Å²) < 4.78 is 3.45. The van der Waals surface area contributed by atoms with Crippen molar-refractivity contribution in [3.63, 3.8) is 0 Å². The maximum Gasteiger partial charge on any atom is 0.262 e. The lowest BCUT2D eigenvalue weighted by Crippen LogP contribution is -2.28. The van der Waals surface area contributed by atoms with Crippen molar-refractivity contribution in [1.29, 1.82) is 0 Å². The second kappa shape index (κ2) is 8.41. The number of thioether (sulfide) groups is 1. The summed E-state index contributed by atoms with van der Waals surface area (Å²) in [6.07, 6.45) is 0.794. The first-order chi connectivity index (χ1) is 13.7. The molecule has 1 aromatic carbocycles. The summed E-state index contributed by atoms with van der Waals surface area (Å²) in [5.74, 6) is -0.146. The summed E-state index contributed by atoms with van der Waals surface area (Å²) in [5.41, 5.74) is 2.98. The number of amides is 1. The summed E-state index contributed by atoms with van der Waals surface area (Å²) >= 11 is 1.30. The van der Waals surface area contributed by atoms with Gasteiger partial charge in [0, 0.05) is 13.1 Å². The molecule has 2 aromatic heterocycles. The predicted octanol–water partition coefficient (Wildman–Crippen LogP) is 3.84. The van der Waals surface area contributed by atoms with Crippen LogP contribution in [-0.2, 0) is 11.8 Å². The molecule has 2 atom stereocenters. The predicted molar refractivity (Wildman–Crippen MR) is 118 cm³/mol. The molecule has 154 valence electrons. The van der Waals surface area contributed by atoms with E-state index in [4.69, 9.17) is 4.98 Å². The van der Waals surface area contributed by atoms with Crippen LogP contribution >= 0.6 is 11.8 Å². The van der Waals surface area contributed by atoms with E-state index in [2.05, 4.69) is 10.4 Å². The van der Waals surface area contributed by atoms with E-state index in [1.54, 1.807) is 15.3 Å². The number of hydrogen-bond acceptors (Lipinski definition) is 5. The number of benzene rings is 1. The molecule has 0 saturated heterocycles. The highest BCUT2D eigenvalue weighted by Crippen LogP contribution is 2.27. The Labute approximate surface area is 174 Å². The molecular formula is C21H27N5O2S. The number of nitrogens with zero attached hydrogens (tertiary/aromatic N) is 4. The van der Waals surface area contributed by atoms with E-state index < -0.39 is 5.25 Å². The molecule has 0 aliphatic carbocycles. The first-order valence-electron chi connectivity index (χ1n) is 9.73. The van der Waals surface area contributed by atoms with Crippen molar-refractivity contribution in [3.05, 3.63) is 46.0 Å². The maximum absolute atomic E-state index is 13.1. The number of carbonyl (C=O) groups is 1. The third-order valence-corrected chi connectivity index (χ3v) is 6.28. The van der Waals surface area contributed by atoms with Crippen LogP contribution < -0.4 is 10.9 Å². The Morgan fingerprint density at radius 3 is 2.55 bits per heavy atom. The molecule has 7 nitrogen and oxygen atoms in total. The van der Waals surface area contributed by atoms with Crippen molar-refractivity contribution in [1.82, 2.24) is 19.3 Å². The van der Waals surface area contributed by atoms with E-state index in [-0.39, 0.29) is 17.5 Å². The lowest BCUT2D eigenvalue weighted by molar-refractivity contribution is -0.115. The fraction of sp³-hybridized carbons (Fsp3) is 0.429. The molecule has 2 heterocycles. The molecule has 0 fully saturated rings. The van der Waals surface area contributed by atoms with E-state index in [9.17, 15) is 9.59 Å². The molecule has 3 aromatic rings. The van der Waals surface area contributed by atoms with Gasteiger partial charge in [-0.2, -0.15) is 5.10 Å². The molecule has 0 aliphatic rings. The third kappa shape index (κ3) is 4.07. The van der Waals surface area contributed by atoms with Gasteiger partial charge in [-0.15, -0.1) is 0 Å². The summed E-state index contributed by atoms with van der Waals surface area (Å²) in [4.78, 5) is 30.6. The number of anilines is 1. The highest BCUT2D eigenvalue weighted by molar-refractivity contribution is 8.00. The molecule has 0 radical (unpaired) electrons. The van der Waals surface area contributed by atoms with E-state index in [1.165, 1.54) is 11.8 Å². The molecule has 0 bridgehead atoms. The van der Waals surface area contributed by atoms with E-state index >= 15 is 0 Å². The fourth-order valence-corrected chi connectivity index (χ4v) is 4.18. The Hall–Kier alpha value is -2.61. The molecular weight excluding hydrogens is 386 g/mol. The van der Waals surface area contributed by atoms with E-state index in [0.717, 1.165) is 23.5 Å². The summed E-state index contributed by atoms with van der Waals surface area (Å²) in [5, 5.41) is 8.03. The zero-order valence-electron chi connectivity index (χ0n) is 17.7. The summed E-state index contributed by atoms with van der Waals surface area (Å²) in [6.45, 7) is 9.63. The SMILES string of the molecule is CC[C@H](C)n1c(S[C@H](C)C(=O)Nc2c(C)nn(C)c2C)nc2ccccc2c1=O. The molecule has 29 heavy (non-hydrogen) atoms. The number of fused-ring (bicyclic) bond motifs is 1. The Bertz CT molecular complexity index is 1120. The first-order valence-corrected chi connectivity index (χ1v) is 10.6. The van der Waals surface area contributed by atoms with Gasteiger partial charge in [-0.25, -0.2) is 4.98 Å². The highest BCUT2D eigenvalue weighted by atomic mass is 32.2. The van der Waals surface area contributed by atoms with Crippen molar-refractivity contribution < 1.29 is 4.79 Å². The molecule has 0 saturated carbocycles. The van der Waals surface area contributed by atoms with Crippen LogP contribution in [0.5, 0.6) is 0 Å². The van der Waals surface area contributed by atoms with Crippen molar-refractivity contribution in [3.8, 4) is 0 Å². The normalized spacial score (nSPS) is 13.4. The third-order valence-electron chi connectivity index (χ3n) is 5.22. The number of carbonyl (C=O) groups excluding carboxylic acids is 1. The second-order valence-corrected chi connectivity index (χ2v) is 8.57. The van der Waals surface area contributed by atoms with Crippen LogP contribution in [0.3, 0.4) is 0 Å². The van der Waals surface area contributed by atoms with Crippen LogP contribution in [0.4, 0.5) is 5.69 Å². The number of para-hydroxylation sites is 1. The van der Waals surface area contributed by atoms with Gasteiger partial charge in [0.1, 0.15) is 0 Å². The lowest BCUT2D eigenvalue weighted by atomic mass is 10.2. The topological polar surface area (TPSA) is 81.8 Å². The van der Waals surface area contributed by atoms with Crippen molar-refractivity contribution in [2.75, 3.05) is 5.32 Å². The van der Waals surface area contributed by atoms with Crippen LogP contribution in [0, 0.1) is 13.8 Å². The Balaban J connectivity index is 1.94. The minimum atomic E-state index is -0.433. The van der Waals surface area contributed by atoms with Gasteiger partial charge in [-0.1, -0.05) is 30.8 Å². The zero-order valence-corrected chi connectivity index (χ0v) is 18.5. The number of nitrogens with one attached hydrogen (secondary N) is 1. The first kappa shape index (κ1) is 21.1. The molecule has 0 spiro atoms. The number of aryl methyl sites for hydroxylation is 2. The summed E-state index contributed by atoms with van der Waals surface area (Å²) in [6, 6.07) is 7.31. The average molecular weight is 414 g/mol. The van der Waals surface area contributed by atoms with Gasteiger partial charge < -0.3 is 5.32 Å². The molecule has 0 unspecified atom stereocenters. The molecule has 1 amide bonds. The second-order valence-electron chi connectivity index (χ2n) is 7.26. The van der Waals surface area contributed by atoms with Crippen LogP contribution in [0.25, 0.3) is 10.9 Å². The van der Waals surface area contributed by atoms with Crippen molar-refractivity contribution in [2.45, 2.75) is 57.5 Å². The Kier molecular flexibility index (Phi) is 6.12. The van der Waals surface area contributed by atoms with E-state index in [0.29, 0.717) is 16.1 Å². The van der Waals surface area contributed by atoms with Crippen LogP contribution in [0.2, 0.25) is 0 Å². The van der Waals surface area contributed by atoms with Gasteiger partial charge in [-0.3, -0.25) is 18.8 Å². The highest BCUT2D eigenvalue weighted by Gasteiger charge is 2.23. The average Bonchev–Trinajstić information content (AvgIpc) is 2.93. The smallest absolute Gasteiger partial charge is 0.262 e. The molecule has 3 rings (SSSR count). The number of hydrogen-bond donors (Lipinski definition) is 1. The molecule has 0 aliphatic heterocycles. The van der Waals surface area contributed by atoms with E-state index in [1.807, 2.05) is 59.9 Å². The van der Waals surface area contributed by atoms with Crippen LogP contribution in [0.1, 0.15) is 44.6 Å². The number of rotatable bonds is 6. The van der Waals surface area contributed by atoms with Gasteiger partial charge in [0.15, 0.2) is 5.16 Å². The molecule has 1 N–H and O–H groups in total. The Morgan fingerprint density at radius 2 is 1.93 bits per heavy atom. The fourth-order valence-electron chi connectivity index (χ4n) is 3.17. The largest absolute Gasteiger partial charge is 0.322 e. The van der Waals surface area contributed by atoms with Crippen molar-refractivity contribution >= 4 is 34.3 Å².